The summed E-state index contributed by atoms with van der Waals surface area (Å²) in [5.41, 5.74) is 1.25. The smallest absolute Gasteiger partial charge is 0.221 e. The fourth-order valence-electron chi connectivity index (χ4n) is 3.55. The summed E-state index contributed by atoms with van der Waals surface area (Å²) in [6, 6.07) is 8.44. The number of nitrogens with one attached hydrogen (secondary N) is 1. The first-order valence-electron chi connectivity index (χ1n) is 9.25. The van der Waals surface area contributed by atoms with Gasteiger partial charge in [-0.1, -0.05) is 12.1 Å². The number of benzene rings is 1. The standard InChI is InChI=1S/C19H29N3O3/c1-24-18-7-2-5-16(13-18)14-21-9-3-6-17(15-21)20-19(23)8-11-22-10-4-12-25-22/h2,5,7,13,17H,3-4,6,8-12,14-15H2,1H3,(H,20,23)/t17-/m0/s1. The maximum atomic E-state index is 12.2. The molecule has 2 aliphatic rings. The average molecular weight is 347 g/mol. The zero-order valence-corrected chi connectivity index (χ0v) is 15.1. The molecule has 0 radical (unpaired) electrons. The minimum atomic E-state index is 0.128. The fraction of sp³-hybridized carbons (Fsp3) is 0.632. The molecule has 6 heteroatoms. The Morgan fingerprint density at radius 2 is 2.28 bits per heavy atom. The van der Waals surface area contributed by atoms with E-state index in [4.69, 9.17) is 9.57 Å². The molecule has 1 aromatic rings. The third kappa shape index (κ3) is 5.70. The predicted octanol–water partition coefficient (Wildman–Crippen LogP) is 1.80. The van der Waals surface area contributed by atoms with Crippen LogP contribution in [0.5, 0.6) is 5.75 Å². The summed E-state index contributed by atoms with van der Waals surface area (Å²) < 4.78 is 5.30. The second-order valence-corrected chi connectivity index (χ2v) is 6.86. The summed E-state index contributed by atoms with van der Waals surface area (Å²) in [5.74, 6) is 1.02. The first-order chi connectivity index (χ1) is 12.2. The maximum absolute atomic E-state index is 12.2. The van der Waals surface area contributed by atoms with Crippen molar-refractivity contribution in [3.63, 3.8) is 0 Å². The number of nitrogens with zero attached hydrogens (tertiary/aromatic N) is 2. The molecule has 138 valence electrons. The topological polar surface area (TPSA) is 54.0 Å². The molecule has 1 amide bonds. The molecule has 6 nitrogen and oxygen atoms in total. The van der Waals surface area contributed by atoms with Gasteiger partial charge >= 0.3 is 0 Å². The number of carbonyl (C=O) groups excluding carboxylic acids is 1. The number of hydrogen-bond acceptors (Lipinski definition) is 5. The van der Waals surface area contributed by atoms with E-state index in [0.717, 1.165) is 57.8 Å². The van der Waals surface area contributed by atoms with E-state index in [0.29, 0.717) is 13.0 Å². The van der Waals surface area contributed by atoms with Crippen LogP contribution >= 0.6 is 0 Å². The molecular weight excluding hydrogens is 318 g/mol. The molecule has 1 atom stereocenters. The van der Waals surface area contributed by atoms with E-state index in [1.54, 1.807) is 7.11 Å². The van der Waals surface area contributed by atoms with Crippen LogP contribution < -0.4 is 10.1 Å². The minimum Gasteiger partial charge on any atom is -0.497 e. The SMILES string of the molecule is COc1cccc(CN2CCC[C@H](NC(=O)CCN3CCCO3)C2)c1. The molecule has 0 spiro atoms. The van der Waals surface area contributed by atoms with Crippen LogP contribution in [0.2, 0.25) is 0 Å². The zero-order chi connectivity index (χ0) is 17.5. The molecular formula is C19H29N3O3. The van der Waals surface area contributed by atoms with Crippen molar-refractivity contribution in [3.05, 3.63) is 29.8 Å². The zero-order valence-electron chi connectivity index (χ0n) is 15.1. The summed E-state index contributed by atoms with van der Waals surface area (Å²) in [7, 11) is 1.69. The Bertz CT molecular complexity index is 561. The van der Waals surface area contributed by atoms with Gasteiger partial charge in [-0.15, -0.1) is 0 Å². The van der Waals surface area contributed by atoms with Crippen LogP contribution in [0.4, 0.5) is 0 Å². The highest BCUT2D eigenvalue weighted by atomic mass is 16.7. The number of hydrogen-bond donors (Lipinski definition) is 1. The van der Waals surface area contributed by atoms with Gasteiger partial charge in [0.05, 0.1) is 13.7 Å². The second kappa shape index (κ2) is 9.17. The van der Waals surface area contributed by atoms with Crippen molar-refractivity contribution in [2.24, 2.45) is 0 Å². The van der Waals surface area contributed by atoms with E-state index >= 15 is 0 Å². The largest absolute Gasteiger partial charge is 0.497 e. The van der Waals surface area contributed by atoms with E-state index in [-0.39, 0.29) is 11.9 Å². The Morgan fingerprint density at radius 1 is 1.36 bits per heavy atom. The highest BCUT2D eigenvalue weighted by molar-refractivity contribution is 5.76. The number of rotatable bonds is 7. The lowest BCUT2D eigenvalue weighted by molar-refractivity contribution is -0.131. The van der Waals surface area contributed by atoms with Crippen LogP contribution in [0.15, 0.2) is 24.3 Å². The molecule has 2 saturated heterocycles. The fourth-order valence-corrected chi connectivity index (χ4v) is 3.55. The summed E-state index contributed by atoms with van der Waals surface area (Å²) in [6.45, 7) is 5.28. The molecule has 0 bridgehead atoms. The van der Waals surface area contributed by atoms with Gasteiger partial charge in [0.1, 0.15) is 5.75 Å². The van der Waals surface area contributed by atoms with Gasteiger partial charge in [0, 0.05) is 38.6 Å². The highest BCUT2D eigenvalue weighted by Crippen LogP contribution is 2.17. The maximum Gasteiger partial charge on any atom is 0.221 e. The molecule has 1 N–H and O–H groups in total. The van der Waals surface area contributed by atoms with E-state index in [1.165, 1.54) is 5.56 Å². The third-order valence-corrected chi connectivity index (χ3v) is 4.82. The van der Waals surface area contributed by atoms with Gasteiger partial charge in [-0.3, -0.25) is 14.5 Å². The van der Waals surface area contributed by atoms with E-state index < -0.39 is 0 Å². The van der Waals surface area contributed by atoms with Crippen molar-refractivity contribution in [2.75, 3.05) is 39.9 Å². The number of hydroxylamine groups is 2. The lowest BCUT2D eigenvalue weighted by Crippen LogP contribution is -2.47. The second-order valence-electron chi connectivity index (χ2n) is 6.86. The molecule has 0 unspecified atom stereocenters. The van der Waals surface area contributed by atoms with E-state index in [1.807, 2.05) is 17.2 Å². The van der Waals surface area contributed by atoms with Crippen LogP contribution in [0.25, 0.3) is 0 Å². The van der Waals surface area contributed by atoms with Gasteiger partial charge in [-0.05, 0) is 43.5 Å². The summed E-state index contributed by atoms with van der Waals surface area (Å²) in [5, 5.41) is 5.09. The average Bonchev–Trinajstić information content (AvgIpc) is 3.14. The van der Waals surface area contributed by atoms with Crippen LogP contribution in [-0.4, -0.2) is 61.8 Å². The van der Waals surface area contributed by atoms with Gasteiger partial charge in [-0.2, -0.15) is 5.06 Å². The number of ether oxygens (including phenoxy) is 1. The molecule has 0 aliphatic carbocycles. The van der Waals surface area contributed by atoms with E-state index in [2.05, 4.69) is 22.3 Å². The molecule has 2 aliphatic heterocycles. The minimum absolute atomic E-state index is 0.128. The summed E-state index contributed by atoms with van der Waals surface area (Å²) >= 11 is 0. The number of likely N-dealkylation sites (tertiary alicyclic amines) is 1. The van der Waals surface area contributed by atoms with Crippen molar-refractivity contribution < 1.29 is 14.4 Å². The molecule has 0 aromatic heterocycles. The third-order valence-electron chi connectivity index (χ3n) is 4.82. The quantitative estimate of drug-likeness (QED) is 0.815. The Labute approximate surface area is 150 Å². The Morgan fingerprint density at radius 3 is 3.08 bits per heavy atom. The Kier molecular flexibility index (Phi) is 6.67. The number of methoxy groups -OCH3 is 1. The van der Waals surface area contributed by atoms with Crippen molar-refractivity contribution in [1.82, 2.24) is 15.3 Å². The lowest BCUT2D eigenvalue weighted by atomic mass is 10.0. The summed E-state index contributed by atoms with van der Waals surface area (Å²) in [6.07, 6.45) is 3.74. The van der Waals surface area contributed by atoms with Crippen LogP contribution in [0.3, 0.4) is 0 Å². The van der Waals surface area contributed by atoms with Gasteiger partial charge in [-0.25, -0.2) is 0 Å². The molecule has 0 saturated carbocycles. The lowest BCUT2D eigenvalue weighted by Gasteiger charge is -2.33. The molecule has 2 fully saturated rings. The van der Waals surface area contributed by atoms with Gasteiger partial charge in [0.25, 0.3) is 0 Å². The van der Waals surface area contributed by atoms with Crippen LogP contribution in [0, 0.1) is 0 Å². The molecule has 25 heavy (non-hydrogen) atoms. The molecule has 2 heterocycles. The van der Waals surface area contributed by atoms with Crippen molar-refractivity contribution >= 4 is 5.91 Å². The van der Waals surface area contributed by atoms with Crippen LogP contribution in [-0.2, 0) is 16.2 Å². The normalized spacial score (nSPS) is 22.0. The molecule has 1 aromatic carbocycles. The predicted molar refractivity (Wildman–Crippen MR) is 96.2 cm³/mol. The number of amides is 1. The number of piperidine rings is 1. The van der Waals surface area contributed by atoms with Crippen LogP contribution in [0.1, 0.15) is 31.2 Å². The Balaban J connectivity index is 1.43. The highest BCUT2D eigenvalue weighted by Gasteiger charge is 2.22. The monoisotopic (exact) mass is 347 g/mol. The first kappa shape index (κ1) is 18.2. The first-order valence-corrected chi connectivity index (χ1v) is 9.25. The molecule has 3 rings (SSSR count). The van der Waals surface area contributed by atoms with Crippen molar-refractivity contribution in [3.8, 4) is 5.75 Å². The van der Waals surface area contributed by atoms with Crippen molar-refractivity contribution in [1.29, 1.82) is 0 Å². The number of carbonyl (C=O) groups is 1. The van der Waals surface area contributed by atoms with Gasteiger partial charge < -0.3 is 10.1 Å². The van der Waals surface area contributed by atoms with Gasteiger partial charge in [0.2, 0.25) is 5.91 Å². The van der Waals surface area contributed by atoms with E-state index in [9.17, 15) is 4.79 Å². The summed E-state index contributed by atoms with van der Waals surface area (Å²) in [4.78, 5) is 20.0. The Hall–Kier alpha value is -1.63. The van der Waals surface area contributed by atoms with Crippen molar-refractivity contribution in [2.45, 2.75) is 38.3 Å². The van der Waals surface area contributed by atoms with Gasteiger partial charge in [0.15, 0.2) is 0 Å².